The molecule has 6 heteroatoms. The molecule has 0 radical (unpaired) electrons. The lowest BCUT2D eigenvalue weighted by Crippen LogP contribution is -2.13. The summed E-state index contributed by atoms with van der Waals surface area (Å²) in [5, 5.41) is 0. The topological polar surface area (TPSA) is 81.4 Å². The first-order valence-electron chi connectivity index (χ1n) is 6.52. The van der Waals surface area contributed by atoms with Gasteiger partial charge in [0.05, 0.1) is 11.0 Å². The van der Waals surface area contributed by atoms with Crippen LogP contribution >= 0.6 is 0 Å². The second kappa shape index (κ2) is 6.05. The van der Waals surface area contributed by atoms with Gasteiger partial charge in [-0.15, -0.1) is 0 Å². The molecule has 21 heavy (non-hydrogen) atoms. The number of rotatable bonds is 5. The van der Waals surface area contributed by atoms with Gasteiger partial charge in [-0.05, 0) is 62.4 Å². The van der Waals surface area contributed by atoms with Gasteiger partial charge >= 0.3 is 0 Å². The molecule has 0 saturated heterocycles. The van der Waals surface area contributed by atoms with Crippen molar-refractivity contribution in [2.45, 2.75) is 24.8 Å². The number of benzene rings is 2. The van der Waals surface area contributed by atoms with Crippen molar-refractivity contribution in [3.8, 4) is 5.75 Å². The molecule has 2 rings (SSSR count). The highest BCUT2D eigenvalue weighted by Crippen LogP contribution is 2.20. The summed E-state index contributed by atoms with van der Waals surface area (Å²) in [6, 6.07) is 12.8. The maximum absolute atomic E-state index is 12.2. The van der Waals surface area contributed by atoms with E-state index in [-0.39, 0.29) is 11.0 Å². The van der Waals surface area contributed by atoms with Crippen LogP contribution in [-0.2, 0) is 10.0 Å². The van der Waals surface area contributed by atoms with Crippen molar-refractivity contribution in [2.75, 3.05) is 10.5 Å². The van der Waals surface area contributed by atoms with E-state index in [2.05, 4.69) is 4.72 Å². The van der Waals surface area contributed by atoms with Crippen molar-refractivity contribution in [3.63, 3.8) is 0 Å². The summed E-state index contributed by atoms with van der Waals surface area (Å²) in [6.45, 7) is 3.82. The number of sulfonamides is 1. The Morgan fingerprint density at radius 2 is 1.57 bits per heavy atom. The molecular weight excluding hydrogens is 288 g/mol. The van der Waals surface area contributed by atoms with Crippen LogP contribution in [0.15, 0.2) is 53.4 Å². The standard InChI is InChI=1S/C15H18N2O3S/c1-11(2)20-14-7-9-15(10-8-14)21(18,19)17-13-5-3-12(16)4-6-13/h3-11,17H,16H2,1-2H3. The van der Waals surface area contributed by atoms with Gasteiger partial charge in [0, 0.05) is 11.4 Å². The molecule has 0 atom stereocenters. The third-order valence-corrected chi connectivity index (χ3v) is 4.07. The summed E-state index contributed by atoms with van der Waals surface area (Å²) < 4.78 is 32.5. The number of nitrogens with two attached hydrogens (primary N) is 1. The molecule has 0 aliphatic rings. The van der Waals surface area contributed by atoms with Crippen LogP contribution < -0.4 is 15.2 Å². The first-order chi connectivity index (χ1) is 9.87. The van der Waals surface area contributed by atoms with Gasteiger partial charge in [0.25, 0.3) is 10.0 Å². The predicted molar refractivity (Wildman–Crippen MR) is 83.9 cm³/mol. The molecule has 0 spiro atoms. The zero-order valence-electron chi connectivity index (χ0n) is 11.9. The molecular formula is C15H18N2O3S. The lowest BCUT2D eigenvalue weighted by molar-refractivity contribution is 0.242. The molecule has 3 N–H and O–H groups in total. The SMILES string of the molecule is CC(C)Oc1ccc(S(=O)(=O)Nc2ccc(N)cc2)cc1. The third-order valence-electron chi connectivity index (χ3n) is 2.67. The van der Waals surface area contributed by atoms with Crippen molar-refractivity contribution in [2.24, 2.45) is 0 Å². The van der Waals surface area contributed by atoms with Crippen molar-refractivity contribution in [1.29, 1.82) is 0 Å². The smallest absolute Gasteiger partial charge is 0.261 e. The number of anilines is 2. The van der Waals surface area contributed by atoms with Crippen LogP contribution in [0.1, 0.15) is 13.8 Å². The van der Waals surface area contributed by atoms with Crippen LogP contribution in [0, 0.1) is 0 Å². The fourth-order valence-electron chi connectivity index (χ4n) is 1.73. The number of nitrogen functional groups attached to an aromatic ring is 1. The maximum Gasteiger partial charge on any atom is 0.261 e. The molecule has 0 fully saturated rings. The second-order valence-electron chi connectivity index (χ2n) is 4.87. The normalized spacial score (nSPS) is 11.4. The molecule has 0 saturated carbocycles. The predicted octanol–water partition coefficient (Wildman–Crippen LogP) is 2.86. The second-order valence-corrected chi connectivity index (χ2v) is 6.55. The molecule has 112 valence electrons. The summed E-state index contributed by atoms with van der Waals surface area (Å²) in [7, 11) is -3.62. The van der Waals surface area contributed by atoms with Crippen molar-refractivity contribution in [3.05, 3.63) is 48.5 Å². The number of nitrogens with one attached hydrogen (secondary N) is 1. The Hall–Kier alpha value is -2.21. The molecule has 0 bridgehead atoms. The number of ether oxygens (including phenoxy) is 1. The molecule has 0 aromatic heterocycles. The van der Waals surface area contributed by atoms with Crippen LogP contribution in [0.4, 0.5) is 11.4 Å². The van der Waals surface area contributed by atoms with Crippen molar-refractivity contribution >= 4 is 21.4 Å². The molecule has 5 nitrogen and oxygen atoms in total. The van der Waals surface area contributed by atoms with E-state index in [0.29, 0.717) is 17.1 Å². The Morgan fingerprint density at radius 3 is 2.10 bits per heavy atom. The molecule has 0 aliphatic carbocycles. The van der Waals surface area contributed by atoms with E-state index in [4.69, 9.17) is 10.5 Å². The fraction of sp³-hybridized carbons (Fsp3) is 0.200. The van der Waals surface area contributed by atoms with Crippen LogP contribution in [0.25, 0.3) is 0 Å². The third kappa shape index (κ3) is 4.13. The average Bonchev–Trinajstić information content (AvgIpc) is 2.41. The van der Waals surface area contributed by atoms with Gasteiger partial charge in [0.1, 0.15) is 5.75 Å². The Labute approximate surface area is 124 Å². The van der Waals surface area contributed by atoms with Gasteiger partial charge in [0.15, 0.2) is 0 Å². The monoisotopic (exact) mass is 306 g/mol. The van der Waals surface area contributed by atoms with E-state index in [1.807, 2.05) is 13.8 Å². The van der Waals surface area contributed by atoms with Crippen LogP contribution in [0.5, 0.6) is 5.75 Å². The van der Waals surface area contributed by atoms with Crippen LogP contribution in [0.2, 0.25) is 0 Å². The summed E-state index contributed by atoms with van der Waals surface area (Å²) >= 11 is 0. The first kappa shape index (κ1) is 15.2. The summed E-state index contributed by atoms with van der Waals surface area (Å²) in [6.07, 6.45) is 0.0420. The minimum Gasteiger partial charge on any atom is -0.491 e. The minimum absolute atomic E-state index is 0.0420. The van der Waals surface area contributed by atoms with Gasteiger partial charge < -0.3 is 10.5 Å². The van der Waals surface area contributed by atoms with Gasteiger partial charge in [-0.3, -0.25) is 4.72 Å². The van der Waals surface area contributed by atoms with E-state index in [0.717, 1.165) is 0 Å². The summed E-state index contributed by atoms with van der Waals surface area (Å²) in [5.74, 6) is 0.636. The average molecular weight is 306 g/mol. The van der Waals surface area contributed by atoms with Gasteiger partial charge in [-0.25, -0.2) is 8.42 Å². The molecule has 2 aromatic rings. The lowest BCUT2D eigenvalue weighted by atomic mass is 10.3. The Morgan fingerprint density at radius 1 is 1.00 bits per heavy atom. The molecule has 0 heterocycles. The van der Waals surface area contributed by atoms with E-state index < -0.39 is 10.0 Å². The van der Waals surface area contributed by atoms with E-state index in [1.165, 1.54) is 12.1 Å². The lowest BCUT2D eigenvalue weighted by Gasteiger charge is -2.11. The molecule has 0 amide bonds. The largest absolute Gasteiger partial charge is 0.491 e. The maximum atomic E-state index is 12.2. The number of hydrogen-bond acceptors (Lipinski definition) is 4. The van der Waals surface area contributed by atoms with Crippen LogP contribution in [-0.4, -0.2) is 14.5 Å². The quantitative estimate of drug-likeness (QED) is 0.832. The fourth-order valence-corrected chi connectivity index (χ4v) is 2.79. The van der Waals surface area contributed by atoms with E-state index in [9.17, 15) is 8.42 Å². The molecule has 0 unspecified atom stereocenters. The minimum atomic E-state index is -3.62. The van der Waals surface area contributed by atoms with Gasteiger partial charge in [-0.1, -0.05) is 0 Å². The van der Waals surface area contributed by atoms with Gasteiger partial charge in [0.2, 0.25) is 0 Å². The summed E-state index contributed by atoms with van der Waals surface area (Å²) in [5.41, 5.74) is 6.61. The zero-order chi connectivity index (χ0) is 15.5. The highest BCUT2D eigenvalue weighted by Gasteiger charge is 2.14. The summed E-state index contributed by atoms with van der Waals surface area (Å²) in [4.78, 5) is 0.176. The van der Waals surface area contributed by atoms with Crippen molar-refractivity contribution < 1.29 is 13.2 Å². The Kier molecular flexibility index (Phi) is 4.37. The number of hydrogen-bond donors (Lipinski definition) is 2. The van der Waals surface area contributed by atoms with E-state index >= 15 is 0 Å². The Bertz CT molecular complexity index is 693. The van der Waals surface area contributed by atoms with E-state index in [1.54, 1.807) is 36.4 Å². The molecule has 2 aromatic carbocycles. The van der Waals surface area contributed by atoms with Crippen LogP contribution in [0.3, 0.4) is 0 Å². The highest BCUT2D eigenvalue weighted by atomic mass is 32.2. The highest BCUT2D eigenvalue weighted by molar-refractivity contribution is 7.92. The van der Waals surface area contributed by atoms with Crippen molar-refractivity contribution in [1.82, 2.24) is 0 Å². The Balaban J connectivity index is 2.17. The zero-order valence-corrected chi connectivity index (χ0v) is 12.7. The first-order valence-corrected chi connectivity index (χ1v) is 8.00. The van der Waals surface area contributed by atoms with Gasteiger partial charge in [-0.2, -0.15) is 0 Å². The molecule has 0 aliphatic heterocycles.